The zero-order valence-electron chi connectivity index (χ0n) is 12.5. The molecule has 5 heteroatoms. The molecule has 2 rings (SSSR count). The van der Waals surface area contributed by atoms with E-state index in [9.17, 15) is 5.11 Å². The van der Waals surface area contributed by atoms with Gasteiger partial charge in [0, 0.05) is 26.1 Å². The van der Waals surface area contributed by atoms with Gasteiger partial charge in [0.2, 0.25) is 0 Å². The van der Waals surface area contributed by atoms with Crippen molar-refractivity contribution >= 4 is 17.2 Å². The molecule has 0 radical (unpaired) electrons. The predicted octanol–water partition coefficient (Wildman–Crippen LogP) is 1.74. The highest BCUT2D eigenvalue weighted by Crippen LogP contribution is 2.20. The molecule has 0 spiro atoms. The van der Waals surface area contributed by atoms with Crippen LogP contribution in [0.3, 0.4) is 0 Å². The van der Waals surface area contributed by atoms with Crippen LogP contribution >= 0.6 is 12.2 Å². The summed E-state index contributed by atoms with van der Waals surface area (Å²) in [6.07, 6.45) is 2.30. The maximum atomic E-state index is 9.91. The van der Waals surface area contributed by atoms with Gasteiger partial charge in [-0.15, -0.1) is 0 Å². The fourth-order valence-electron chi connectivity index (χ4n) is 2.46. The molecule has 0 atom stereocenters. The fraction of sp³-hybridized carbons (Fsp3) is 0.562. The van der Waals surface area contributed by atoms with Crippen molar-refractivity contribution in [2.75, 3.05) is 26.2 Å². The van der Waals surface area contributed by atoms with Crippen LogP contribution in [0.1, 0.15) is 25.3 Å². The molecule has 0 saturated carbocycles. The zero-order valence-corrected chi connectivity index (χ0v) is 13.4. The van der Waals surface area contributed by atoms with Gasteiger partial charge in [0.25, 0.3) is 0 Å². The molecule has 1 aromatic carbocycles. The number of ether oxygens (including phenoxy) is 1. The molecule has 116 valence electrons. The standard InChI is InChI=1S/C16H24N2O2S/c1-16(19)6-8-18(9-7-16)10-11-20-14-4-2-13(3-5-14)12-15(17)21/h2-5,19H,6-12H2,1H3,(H2,17,21). The van der Waals surface area contributed by atoms with Crippen molar-refractivity contribution in [3.05, 3.63) is 29.8 Å². The van der Waals surface area contributed by atoms with E-state index < -0.39 is 5.60 Å². The van der Waals surface area contributed by atoms with E-state index in [2.05, 4.69) is 4.90 Å². The minimum Gasteiger partial charge on any atom is -0.492 e. The maximum absolute atomic E-state index is 9.91. The van der Waals surface area contributed by atoms with Crippen molar-refractivity contribution < 1.29 is 9.84 Å². The molecule has 4 nitrogen and oxygen atoms in total. The summed E-state index contributed by atoms with van der Waals surface area (Å²) in [6, 6.07) is 7.89. The number of hydrogen-bond acceptors (Lipinski definition) is 4. The average Bonchev–Trinajstić information content (AvgIpc) is 2.42. The maximum Gasteiger partial charge on any atom is 0.119 e. The molecule has 1 heterocycles. The summed E-state index contributed by atoms with van der Waals surface area (Å²) in [5.41, 5.74) is 6.14. The first kappa shape index (κ1) is 16.2. The van der Waals surface area contributed by atoms with Crippen LogP contribution in [-0.2, 0) is 6.42 Å². The first-order chi connectivity index (χ1) is 9.94. The van der Waals surface area contributed by atoms with Crippen molar-refractivity contribution in [1.82, 2.24) is 4.90 Å². The molecule has 0 bridgehead atoms. The Morgan fingerprint density at radius 2 is 1.95 bits per heavy atom. The number of aliphatic hydroxyl groups is 1. The number of nitrogens with two attached hydrogens (primary N) is 1. The van der Waals surface area contributed by atoms with Gasteiger partial charge in [-0.1, -0.05) is 24.4 Å². The van der Waals surface area contributed by atoms with Crippen LogP contribution in [0, 0.1) is 0 Å². The van der Waals surface area contributed by atoms with E-state index in [1.54, 1.807) is 0 Å². The van der Waals surface area contributed by atoms with Gasteiger partial charge in [0.15, 0.2) is 0 Å². The Labute approximate surface area is 131 Å². The summed E-state index contributed by atoms with van der Waals surface area (Å²) in [7, 11) is 0. The Balaban J connectivity index is 1.70. The second-order valence-corrected chi connectivity index (χ2v) is 6.50. The molecule has 3 N–H and O–H groups in total. The molecule has 1 aliphatic rings. The molecule has 1 aliphatic heterocycles. The van der Waals surface area contributed by atoms with Gasteiger partial charge in [-0.3, -0.25) is 4.90 Å². The summed E-state index contributed by atoms with van der Waals surface area (Å²) in [4.78, 5) is 2.84. The Hall–Kier alpha value is -1.17. The van der Waals surface area contributed by atoms with Gasteiger partial charge in [0.1, 0.15) is 12.4 Å². The molecular formula is C16H24N2O2S. The topological polar surface area (TPSA) is 58.7 Å². The van der Waals surface area contributed by atoms with Crippen molar-refractivity contribution in [2.45, 2.75) is 31.8 Å². The van der Waals surface area contributed by atoms with Crippen LogP contribution in [0.5, 0.6) is 5.75 Å². The average molecular weight is 308 g/mol. The fourth-order valence-corrected chi connectivity index (χ4v) is 2.62. The van der Waals surface area contributed by atoms with Gasteiger partial charge < -0.3 is 15.6 Å². The first-order valence-electron chi connectivity index (χ1n) is 7.39. The third kappa shape index (κ3) is 5.61. The molecule has 0 amide bonds. The lowest BCUT2D eigenvalue weighted by molar-refractivity contribution is -0.00768. The van der Waals surface area contributed by atoms with Crippen LogP contribution in [0.4, 0.5) is 0 Å². The monoisotopic (exact) mass is 308 g/mol. The van der Waals surface area contributed by atoms with Crippen LogP contribution < -0.4 is 10.5 Å². The summed E-state index contributed by atoms with van der Waals surface area (Å²) >= 11 is 4.89. The minimum absolute atomic E-state index is 0.489. The van der Waals surface area contributed by atoms with Crippen LogP contribution in [0.2, 0.25) is 0 Å². The molecule has 1 aromatic rings. The molecule has 0 aromatic heterocycles. The zero-order chi connectivity index (χ0) is 15.3. The quantitative estimate of drug-likeness (QED) is 0.784. The van der Waals surface area contributed by atoms with Gasteiger partial charge >= 0.3 is 0 Å². The van der Waals surface area contributed by atoms with E-state index in [1.165, 1.54) is 0 Å². The van der Waals surface area contributed by atoms with Gasteiger partial charge in [-0.2, -0.15) is 0 Å². The van der Waals surface area contributed by atoms with Crippen LogP contribution in [0.15, 0.2) is 24.3 Å². The number of benzene rings is 1. The summed E-state index contributed by atoms with van der Waals surface area (Å²) in [5.74, 6) is 0.866. The largest absolute Gasteiger partial charge is 0.492 e. The van der Waals surface area contributed by atoms with E-state index in [4.69, 9.17) is 22.7 Å². The smallest absolute Gasteiger partial charge is 0.119 e. The summed E-state index contributed by atoms with van der Waals surface area (Å²) in [5, 5.41) is 9.91. The number of piperidine rings is 1. The molecule has 0 aliphatic carbocycles. The van der Waals surface area contributed by atoms with Gasteiger partial charge in [0.05, 0.1) is 10.6 Å². The lowest BCUT2D eigenvalue weighted by Gasteiger charge is -2.35. The summed E-state index contributed by atoms with van der Waals surface area (Å²) < 4.78 is 5.75. The molecule has 1 fully saturated rings. The van der Waals surface area contributed by atoms with Crippen LogP contribution in [0.25, 0.3) is 0 Å². The normalized spacial score (nSPS) is 18.4. The van der Waals surface area contributed by atoms with Gasteiger partial charge in [-0.05, 0) is 37.5 Å². The van der Waals surface area contributed by atoms with Crippen LogP contribution in [-0.4, -0.2) is 46.8 Å². The molecule has 21 heavy (non-hydrogen) atoms. The Morgan fingerprint density at radius 1 is 1.33 bits per heavy atom. The highest BCUT2D eigenvalue weighted by molar-refractivity contribution is 7.80. The van der Waals surface area contributed by atoms with E-state index in [-0.39, 0.29) is 0 Å². The van der Waals surface area contributed by atoms with Gasteiger partial charge in [-0.25, -0.2) is 0 Å². The Morgan fingerprint density at radius 3 is 2.52 bits per heavy atom. The molecule has 1 saturated heterocycles. The SMILES string of the molecule is CC1(O)CCN(CCOc2ccc(CC(N)=S)cc2)CC1. The van der Waals surface area contributed by atoms with Crippen molar-refractivity contribution in [3.8, 4) is 5.75 Å². The second-order valence-electron chi connectivity index (χ2n) is 5.97. The van der Waals surface area contributed by atoms with E-state index in [1.807, 2.05) is 31.2 Å². The molecule has 0 unspecified atom stereocenters. The summed E-state index contributed by atoms with van der Waals surface area (Å²) in [6.45, 7) is 5.34. The second kappa shape index (κ2) is 7.20. The van der Waals surface area contributed by atoms with E-state index in [0.29, 0.717) is 18.0 Å². The third-order valence-electron chi connectivity index (χ3n) is 3.91. The third-order valence-corrected chi connectivity index (χ3v) is 4.06. The number of thiocarbonyl (C=S) groups is 1. The number of likely N-dealkylation sites (tertiary alicyclic amines) is 1. The lowest BCUT2D eigenvalue weighted by atomic mass is 9.94. The van der Waals surface area contributed by atoms with E-state index >= 15 is 0 Å². The number of rotatable bonds is 6. The first-order valence-corrected chi connectivity index (χ1v) is 7.80. The lowest BCUT2D eigenvalue weighted by Crippen LogP contribution is -2.43. The predicted molar refractivity (Wildman–Crippen MR) is 88.7 cm³/mol. The minimum atomic E-state index is -0.489. The Bertz CT molecular complexity index is 464. The molecular weight excluding hydrogens is 284 g/mol. The number of nitrogens with zero attached hydrogens (tertiary/aromatic N) is 1. The highest BCUT2D eigenvalue weighted by atomic mass is 32.1. The number of hydrogen-bond donors (Lipinski definition) is 2. The van der Waals surface area contributed by atoms with Crippen molar-refractivity contribution in [3.63, 3.8) is 0 Å². The highest BCUT2D eigenvalue weighted by Gasteiger charge is 2.26. The Kier molecular flexibility index (Phi) is 5.56. The van der Waals surface area contributed by atoms with E-state index in [0.717, 1.165) is 43.8 Å². The van der Waals surface area contributed by atoms with Crippen molar-refractivity contribution in [2.24, 2.45) is 5.73 Å². The van der Waals surface area contributed by atoms with Crippen molar-refractivity contribution in [1.29, 1.82) is 0 Å².